The monoisotopic (exact) mass is 452 g/mol. The maximum atomic E-state index is 13.5. The maximum Gasteiger partial charge on any atom is 0.331 e. The number of carbonyl (C=O) groups is 1. The third kappa shape index (κ3) is 5.52. The number of benzene rings is 2. The van der Waals surface area contributed by atoms with Crippen molar-refractivity contribution in [3.05, 3.63) is 117 Å². The minimum Gasteiger partial charge on any atom is -0.458 e. The minimum absolute atomic E-state index is 0.164. The van der Waals surface area contributed by atoms with Gasteiger partial charge in [-0.15, -0.1) is 0 Å². The Balaban J connectivity index is 1.42. The molecule has 0 saturated carbocycles. The Labute approximate surface area is 188 Å². The number of esters is 1. The van der Waals surface area contributed by atoms with Crippen molar-refractivity contribution >= 4 is 5.97 Å². The zero-order valence-electron chi connectivity index (χ0n) is 17.7. The van der Waals surface area contributed by atoms with Crippen molar-refractivity contribution in [2.75, 3.05) is 0 Å². The predicted octanol–water partition coefficient (Wildman–Crippen LogP) is 3.38. The molecule has 4 rings (SSSR count). The molecule has 0 amide bonds. The van der Waals surface area contributed by atoms with Gasteiger partial charge in [0, 0.05) is 31.2 Å². The second-order valence-corrected chi connectivity index (χ2v) is 7.91. The summed E-state index contributed by atoms with van der Waals surface area (Å²) in [6, 6.07) is 13.3. The fraction of sp³-hybridized carbons (Fsp3) is 0.240. The molecule has 1 aromatic heterocycles. The molecule has 2 atom stereocenters. The number of halogens is 2. The molecule has 0 spiro atoms. The van der Waals surface area contributed by atoms with Gasteiger partial charge in [-0.25, -0.2) is 13.6 Å². The zero-order valence-corrected chi connectivity index (χ0v) is 17.7. The number of rotatable bonds is 7. The third-order valence-corrected chi connectivity index (χ3v) is 5.48. The van der Waals surface area contributed by atoms with Crippen LogP contribution in [0.1, 0.15) is 30.0 Å². The molecular weight excluding hydrogens is 430 g/mol. The van der Waals surface area contributed by atoms with E-state index in [-0.39, 0.29) is 24.5 Å². The van der Waals surface area contributed by atoms with Crippen LogP contribution in [-0.2, 0) is 22.5 Å². The minimum atomic E-state index is -0.787. The van der Waals surface area contributed by atoms with Gasteiger partial charge in [-0.2, -0.15) is 0 Å². The summed E-state index contributed by atoms with van der Waals surface area (Å²) in [6.45, 7) is -0.262. The van der Waals surface area contributed by atoms with Gasteiger partial charge in [0.05, 0.1) is 12.6 Å². The van der Waals surface area contributed by atoms with Crippen LogP contribution in [0, 0.1) is 11.6 Å². The lowest BCUT2D eigenvalue weighted by Gasteiger charge is -2.17. The molecule has 1 heterocycles. The highest BCUT2D eigenvalue weighted by atomic mass is 19.1. The third-order valence-electron chi connectivity index (χ3n) is 5.48. The van der Waals surface area contributed by atoms with Gasteiger partial charge in [0.2, 0.25) is 0 Å². The predicted molar refractivity (Wildman–Crippen MR) is 118 cm³/mol. The summed E-state index contributed by atoms with van der Waals surface area (Å²) in [7, 11) is 0. The normalized spacial score (nSPS) is 17.3. The lowest BCUT2D eigenvalue weighted by molar-refractivity contribution is -0.146. The Hall–Kier alpha value is -3.81. The Morgan fingerprint density at radius 1 is 0.970 bits per heavy atom. The molecular formula is C25H22F2N2O4. The highest BCUT2D eigenvalue weighted by Gasteiger charge is 2.25. The van der Waals surface area contributed by atoms with Crippen molar-refractivity contribution in [2.45, 2.75) is 38.0 Å². The molecule has 0 bridgehead atoms. The number of nitrogens with zero attached hydrogens (tertiary/aromatic N) is 2. The molecule has 170 valence electrons. The van der Waals surface area contributed by atoms with Crippen molar-refractivity contribution in [1.29, 1.82) is 0 Å². The number of aromatic nitrogens is 2. The van der Waals surface area contributed by atoms with E-state index in [0.29, 0.717) is 12.8 Å². The second-order valence-electron chi connectivity index (χ2n) is 7.91. The van der Waals surface area contributed by atoms with E-state index in [1.165, 1.54) is 16.8 Å². The molecule has 3 aromatic rings. The van der Waals surface area contributed by atoms with E-state index in [4.69, 9.17) is 4.74 Å². The number of hydrogen-bond donors (Lipinski definition) is 0. The van der Waals surface area contributed by atoms with E-state index < -0.39 is 35.0 Å². The summed E-state index contributed by atoms with van der Waals surface area (Å²) >= 11 is 0. The first-order valence-electron chi connectivity index (χ1n) is 10.6. The van der Waals surface area contributed by atoms with Crippen molar-refractivity contribution in [3.8, 4) is 0 Å². The Morgan fingerprint density at radius 2 is 1.70 bits per heavy atom. The molecule has 0 aliphatic heterocycles. The lowest BCUT2D eigenvalue weighted by atomic mass is 10.1. The van der Waals surface area contributed by atoms with Crippen LogP contribution in [0.25, 0.3) is 0 Å². The highest BCUT2D eigenvalue weighted by molar-refractivity contribution is 5.70. The summed E-state index contributed by atoms with van der Waals surface area (Å²) in [4.78, 5) is 37.4. The van der Waals surface area contributed by atoms with Crippen molar-refractivity contribution in [2.24, 2.45) is 0 Å². The molecule has 33 heavy (non-hydrogen) atoms. The topological polar surface area (TPSA) is 70.3 Å². The Morgan fingerprint density at radius 3 is 2.42 bits per heavy atom. The van der Waals surface area contributed by atoms with E-state index in [9.17, 15) is 23.2 Å². The fourth-order valence-corrected chi connectivity index (χ4v) is 3.87. The van der Waals surface area contributed by atoms with Crippen LogP contribution >= 0.6 is 0 Å². The molecule has 0 fully saturated rings. The number of ether oxygens (including phenoxy) is 1. The number of hydrogen-bond acceptors (Lipinski definition) is 4. The van der Waals surface area contributed by atoms with Gasteiger partial charge in [-0.3, -0.25) is 18.7 Å². The summed E-state index contributed by atoms with van der Waals surface area (Å²) < 4.78 is 34.8. The van der Waals surface area contributed by atoms with Crippen LogP contribution in [0.5, 0.6) is 0 Å². The standard InChI is InChI=1S/C25H22F2N2O4/c26-19-12-18(13-20(27)14-19)16-29-23(30)10-11-28(25(29)32)21-7-8-22(15-21)33-24(31)9-6-17-4-2-1-3-5-17/h1-5,7-8,10-14,21-22H,6,9,15-16H2. The molecule has 6 nitrogen and oxygen atoms in total. The van der Waals surface area contributed by atoms with Crippen LogP contribution in [0.2, 0.25) is 0 Å². The van der Waals surface area contributed by atoms with E-state index >= 15 is 0 Å². The highest BCUT2D eigenvalue weighted by Crippen LogP contribution is 2.24. The zero-order chi connectivity index (χ0) is 23.4. The molecule has 8 heteroatoms. The summed E-state index contributed by atoms with van der Waals surface area (Å²) in [5.74, 6) is -1.91. The molecule has 1 aliphatic rings. The summed E-state index contributed by atoms with van der Waals surface area (Å²) in [6.07, 6.45) is 5.52. The van der Waals surface area contributed by atoms with Crippen LogP contribution < -0.4 is 11.2 Å². The van der Waals surface area contributed by atoms with Crippen LogP contribution in [0.4, 0.5) is 8.78 Å². The average Bonchev–Trinajstić information content (AvgIpc) is 3.23. The van der Waals surface area contributed by atoms with Crippen molar-refractivity contribution in [3.63, 3.8) is 0 Å². The second kappa shape index (κ2) is 9.77. The van der Waals surface area contributed by atoms with E-state index in [1.54, 1.807) is 12.2 Å². The molecule has 0 saturated heterocycles. The molecule has 2 aromatic carbocycles. The fourth-order valence-electron chi connectivity index (χ4n) is 3.87. The quantitative estimate of drug-likeness (QED) is 0.407. The van der Waals surface area contributed by atoms with Gasteiger partial charge >= 0.3 is 11.7 Å². The van der Waals surface area contributed by atoms with Gasteiger partial charge in [0.15, 0.2) is 0 Å². The SMILES string of the molecule is O=C(CCc1ccccc1)OC1C=CC(n2ccc(=O)n(Cc3cc(F)cc(F)c3)c2=O)C1. The van der Waals surface area contributed by atoms with Crippen LogP contribution in [0.15, 0.2) is 82.5 Å². The van der Waals surface area contributed by atoms with Crippen LogP contribution in [0.3, 0.4) is 0 Å². The first kappa shape index (κ1) is 22.4. The van der Waals surface area contributed by atoms with E-state index in [1.807, 2.05) is 30.3 Å². The Kier molecular flexibility index (Phi) is 6.63. The van der Waals surface area contributed by atoms with Gasteiger partial charge in [-0.05, 0) is 35.8 Å². The van der Waals surface area contributed by atoms with Gasteiger partial charge < -0.3 is 4.74 Å². The van der Waals surface area contributed by atoms with Crippen molar-refractivity contribution < 1.29 is 18.3 Å². The molecule has 1 aliphatic carbocycles. The summed E-state index contributed by atoms with van der Waals surface area (Å²) in [5, 5.41) is 0. The Bertz CT molecular complexity index is 1280. The van der Waals surface area contributed by atoms with Crippen molar-refractivity contribution in [1.82, 2.24) is 9.13 Å². The van der Waals surface area contributed by atoms with Gasteiger partial charge in [-0.1, -0.05) is 36.4 Å². The smallest absolute Gasteiger partial charge is 0.331 e. The largest absolute Gasteiger partial charge is 0.458 e. The van der Waals surface area contributed by atoms with E-state index in [2.05, 4.69) is 0 Å². The maximum absolute atomic E-state index is 13.5. The van der Waals surface area contributed by atoms with Gasteiger partial charge in [0.1, 0.15) is 17.7 Å². The first-order chi connectivity index (χ1) is 15.9. The average molecular weight is 452 g/mol. The lowest BCUT2D eigenvalue weighted by Crippen LogP contribution is -2.40. The van der Waals surface area contributed by atoms with E-state index in [0.717, 1.165) is 28.3 Å². The summed E-state index contributed by atoms with van der Waals surface area (Å²) in [5.41, 5.74) is 0.0163. The first-order valence-corrected chi connectivity index (χ1v) is 10.6. The number of aryl methyl sites for hydroxylation is 1. The van der Waals surface area contributed by atoms with Crippen LogP contribution in [-0.4, -0.2) is 21.2 Å². The molecule has 0 N–H and O–H groups in total. The number of allylic oxidation sites excluding steroid dienone is 1. The molecule has 0 radical (unpaired) electrons. The molecule has 2 unspecified atom stereocenters. The van der Waals surface area contributed by atoms with Gasteiger partial charge in [0.25, 0.3) is 5.56 Å². The number of carbonyl (C=O) groups excluding carboxylic acids is 1.